The maximum Gasteiger partial charge on any atom is 0.178 e. The number of fused-ring (bicyclic) bond motifs is 1. The van der Waals surface area contributed by atoms with Crippen LogP contribution in [0.4, 0.5) is 5.69 Å². The maximum absolute atomic E-state index is 10.1. The number of aliphatic hydroxyl groups is 1. The van der Waals surface area contributed by atoms with E-state index < -0.39 is 5.60 Å². The highest BCUT2D eigenvalue weighted by atomic mass is 16.5. The van der Waals surface area contributed by atoms with E-state index in [0.717, 1.165) is 60.3 Å². The smallest absolute Gasteiger partial charge is 0.178 e. The van der Waals surface area contributed by atoms with Gasteiger partial charge < -0.3 is 14.7 Å². The largest absolute Gasteiger partial charge is 0.390 e. The van der Waals surface area contributed by atoms with E-state index in [4.69, 9.17) is 9.72 Å². The summed E-state index contributed by atoms with van der Waals surface area (Å²) in [6.45, 7) is 6.82. The number of anilines is 1. The van der Waals surface area contributed by atoms with Gasteiger partial charge in [0.05, 0.1) is 42.1 Å². The van der Waals surface area contributed by atoms with Gasteiger partial charge in [-0.15, -0.1) is 0 Å². The Morgan fingerprint density at radius 1 is 1.17 bits per heavy atom. The third-order valence-electron chi connectivity index (χ3n) is 5.55. The fourth-order valence-corrected chi connectivity index (χ4v) is 4.03. The van der Waals surface area contributed by atoms with Gasteiger partial charge >= 0.3 is 0 Å². The van der Waals surface area contributed by atoms with E-state index in [2.05, 4.69) is 27.1 Å². The van der Waals surface area contributed by atoms with Gasteiger partial charge in [-0.25, -0.2) is 9.50 Å². The molecule has 0 unspecified atom stereocenters. The third kappa shape index (κ3) is 3.72. The lowest BCUT2D eigenvalue weighted by Crippen LogP contribution is -2.36. The van der Waals surface area contributed by atoms with E-state index in [1.807, 2.05) is 23.0 Å². The van der Waals surface area contributed by atoms with Gasteiger partial charge in [0, 0.05) is 42.9 Å². The quantitative estimate of drug-likeness (QED) is 0.718. The first-order chi connectivity index (χ1) is 14.0. The zero-order chi connectivity index (χ0) is 20.0. The van der Waals surface area contributed by atoms with E-state index in [1.54, 1.807) is 13.8 Å². The zero-order valence-electron chi connectivity index (χ0n) is 17.0. The number of ether oxygens (including phenoxy) is 1. The molecule has 4 heterocycles. The lowest BCUT2D eigenvalue weighted by Gasteiger charge is -2.28. The van der Waals surface area contributed by atoms with Crippen molar-refractivity contribution in [3.8, 4) is 11.3 Å². The first-order valence-electron chi connectivity index (χ1n) is 10.4. The van der Waals surface area contributed by atoms with Crippen molar-refractivity contribution in [2.45, 2.75) is 44.6 Å². The van der Waals surface area contributed by atoms with Gasteiger partial charge in [0.1, 0.15) is 0 Å². The predicted molar refractivity (Wildman–Crippen MR) is 111 cm³/mol. The molecule has 152 valence electrons. The number of hydrogen-bond donors (Lipinski definition) is 1. The summed E-state index contributed by atoms with van der Waals surface area (Å²) >= 11 is 0. The van der Waals surface area contributed by atoms with Crippen LogP contribution in [0.3, 0.4) is 0 Å². The molecule has 1 saturated heterocycles. The van der Waals surface area contributed by atoms with Crippen LogP contribution in [-0.4, -0.2) is 56.6 Å². The molecule has 7 heteroatoms. The van der Waals surface area contributed by atoms with Gasteiger partial charge in [-0.1, -0.05) is 0 Å². The molecular formula is C22H27N5O2. The van der Waals surface area contributed by atoms with Gasteiger partial charge in [0.2, 0.25) is 0 Å². The summed E-state index contributed by atoms with van der Waals surface area (Å²) in [4.78, 5) is 12.0. The van der Waals surface area contributed by atoms with Crippen molar-refractivity contribution < 1.29 is 9.84 Å². The average molecular weight is 393 g/mol. The number of morpholine rings is 1. The predicted octanol–water partition coefficient (Wildman–Crippen LogP) is 2.82. The fourth-order valence-electron chi connectivity index (χ4n) is 4.03. The Hall–Kier alpha value is -2.51. The van der Waals surface area contributed by atoms with Crippen molar-refractivity contribution in [1.29, 1.82) is 0 Å². The average Bonchev–Trinajstić information content (AvgIpc) is 3.48. The topological polar surface area (TPSA) is 75.8 Å². The molecule has 7 nitrogen and oxygen atoms in total. The molecule has 0 amide bonds. The summed E-state index contributed by atoms with van der Waals surface area (Å²) in [5.74, 6) is 0.500. The Morgan fingerprint density at radius 3 is 2.62 bits per heavy atom. The van der Waals surface area contributed by atoms with Crippen LogP contribution in [-0.2, 0) is 11.2 Å². The van der Waals surface area contributed by atoms with Gasteiger partial charge in [-0.3, -0.25) is 4.98 Å². The Labute approximate surface area is 170 Å². The van der Waals surface area contributed by atoms with Crippen LogP contribution in [0.5, 0.6) is 0 Å². The van der Waals surface area contributed by atoms with Crippen molar-refractivity contribution in [3.63, 3.8) is 0 Å². The van der Waals surface area contributed by atoms with Crippen LogP contribution in [0.15, 0.2) is 30.6 Å². The van der Waals surface area contributed by atoms with Crippen LogP contribution >= 0.6 is 0 Å². The number of pyridine rings is 1. The summed E-state index contributed by atoms with van der Waals surface area (Å²) in [6, 6.07) is 6.13. The molecule has 2 fully saturated rings. The highest BCUT2D eigenvalue weighted by Gasteiger charge is 2.32. The molecule has 2 aliphatic rings. The number of aromatic nitrogens is 4. The van der Waals surface area contributed by atoms with Crippen LogP contribution in [0.25, 0.3) is 16.9 Å². The molecule has 0 radical (unpaired) electrons. The van der Waals surface area contributed by atoms with E-state index in [9.17, 15) is 5.11 Å². The lowest BCUT2D eigenvalue weighted by atomic mass is 10.0. The van der Waals surface area contributed by atoms with E-state index in [0.29, 0.717) is 12.3 Å². The highest BCUT2D eigenvalue weighted by molar-refractivity contribution is 5.76. The molecule has 29 heavy (non-hydrogen) atoms. The molecule has 0 aromatic carbocycles. The summed E-state index contributed by atoms with van der Waals surface area (Å²) in [7, 11) is 0. The van der Waals surface area contributed by atoms with E-state index in [1.165, 1.54) is 12.8 Å². The fraction of sp³-hybridized carbons (Fsp3) is 0.500. The minimum Gasteiger partial charge on any atom is -0.390 e. The number of imidazole rings is 1. The van der Waals surface area contributed by atoms with Crippen molar-refractivity contribution in [2.24, 2.45) is 0 Å². The summed E-state index contributed by atoms with van der Waals surface area (Å²) in [5.41, 5.74) is 5.31. The van der Waals surface area contributed by atoms with Crippen molar-refractivity contribution in [2.75, 3.05) is 31.2 Å². The standard InChI is InChI=1S/C22H27N5O2/c1-22(2,28)13-17-6-5-16(14-23-17)20-19(15-3-4-15)25-21-18(7-8-24-27(20)21)26-9-11-29-12-10-26/h5-8,14-15,28H,3-4,9-13H2,1-2H3. The Bertz CT molecular complexity index is 1010. The minimum absolute atomic E-state index is 0.500. The van der Waals surface area contributed by atoms with Gasteiger partial charge in [0.15, 0.2) is 5.65 Å². The monoisotopic (exact) mass is 393 g/mol. The molecule has 1 aliphatic carbocycles. The Morgan fingerprint density at radius 2 is 1.97 bits per heavy atom. The summed E-state index contributed by atoms with van der Waals surface area (Å²) < 4.78 is 7.49. The molecule has 0 atom stereocenters. The lowest BCUT2D eigenvalue weighted by molar-refractivity contribution is 0.0799. The molecule has 1 saturated carbocycles. The first-order valence-corrected chi connectivity index (χ1v) is 10.4. The van der Waals surface area contributed by atoms with Crippen LogP contribution in [0, 0.1) is 0 Å². The van der Waals surface area contributed by atoms with Crippen LogP contribution < -0.4 is 4.90 Å². The van der Waals surface area contributed by atoms with Crippen LogP contribution in [0.2, 0.25) is 0 Å². The molecule has 1 aliphatic heterocycles. The Balaban J connectivity index is 1.58. The SMILES string of the molecule is CC(C)(O)Cc1ccc(-c2c(C3CC3)nc3c(N4CCOCC4)ccnn23)cn1. The number of hydrogen-bond acceptors (Lipinski definition) is 6. The summed E-state index contributed by atoms with van der Waals surface area (Å²) in [6.07, 6.45) is 6.62. The Kier molecular flexibility index (Phi) is 4.52. The first kappa shape index (κ1) is 18.5. The van der Waals surface area contributed by atoms with Crippen molar-refractivity contribution in [1.82, 2.24) is 19.6 Å². The molecule has 5 rings (SSSR count). The zero-order valence-corrected chi connectivity index (χ0v) is 17.0. The van der Waals surface area contributed by atoms with Crippen molar-refractivity contribution in [3.05, 3.63) is 42.0 Å². The maximum atomic E-state index is 10.1. The normalized spacial score (nSPS) is 17.8. The van der Waals surface area contributed by atoms with Gasteiger partial charge in [-0.2, -0.15) is 5.10 Å². The van der Waals surface area contributed by atoms with Crippen LogP contribution in [0.1, 0.15) is 44.0 Å². The highest BCUT2D eigenvalue weighted by Crippen LogP contribution is 2.44. The third-order valence-corrected chi connectivity index (χ3v) is 5.55. The number of nitrogens with zero attached hydrogens (tertiary/aromatic N) is 5. The second-order valence-corrected chi connectivity index (χ2v) is 8.70. The number of rotatable bonds is 5. The second-order valence-electron chi connectivity index (χ2n) is 8.70. The van der Waals surface area contributed by atoms with E-state index >= 15 is 0 Å². The van der Waals surface area contributed by atoms with E-state index in [-0.39, 0.29) is 0 Å². The minimum atomic E-state index is -0.772. The second kappa shape index (κ2) is 7.07. The van der Waals surface area contributed by atoms with Crippen molar-refractivity contribution >= 4 is 11.3 Å². The van der Waals surface area contributed by atoms with Gasteiger partial charge in [0.25, 0.3) is 0 Å². The molecular weight excluding hydrogens is 366 g/mol. The summed E-state index contributed by atoms with van der Waals surface area (Å²) in [5, 5.41) is 14.7. The molecule has 3 aromatic rings. The van der Waals surface area contributed by atoms with Gasteiger partial charge in [-0.05, 0) is 44.9 Å². The molecule has 0 bridgehead atoms. The molecule has 0 spiro atoms. The molecule has 3 aromatic heterocycles. The molecule has 1 N–H and O–H groups in total.